The maximum Gasteiger partial charge on any atom is 0.255 e. The van der Waals surface area contributed by atoms with E-state index in [1.165, 1.54) is 4.88 Å². The summed E-state index contributed by atoms with van der Waals surface area (Å²) in [4.78, 5) is 22.9. The molecule has 2 aromatic heterocycles. The maximum absolute atomic E-state index is 13.1. The third kappa shape index (κ3) is 3.22. The Hall–Kier alpha value is -2.66. The van der Waals surface area contributed by atoms with Gasteiger partial charge in [0.1, 0.15) is 5.82 Å². The van der Waals surface area contributed by atoms with Crippen molar-refractivity contribution in [3.63, 3.8) is 0 Å². The first-order chi connectivity index (χ1) is 12.7. The van der Waals surface area contributed by atoms with Crippen molar-refractivity contribution in [3.05, 3.63) is 70.5 Å². The lowest BCUT2D eigenvalue weighted by Crippen LogP contribution is -2.49. The molecule has 0 N–H and O–H groups in total. The van der Waals surface area contributed by atoms with Crippen LogP contribution in [0, 0.1) is 6.92 Å². The molecule has 0 atom stereocenters. The second-order valence-corrected chi connectivity index (χ2v) is 7.50. The van der Waals surface area contributed by atoms with Crippen molar-refractivity contribution in [1.82, 2.24) is 9.88 Å². The molecule has 3 heterocycles. The molecule has 1 aliphatic rings. The van der Waals surface area contributed by atoms with Crippen molar-refractivity contribution in [2.75, 3.05) is 31.1 Å². The number of benzene rings is 1. The molecule has 1 aromatic carbocycles. The molecule has 1 saturated heterocycles. The molecular weight excluding hydrogens is 342 g/mol. The molecule has 1 aliphatic heterocycles. The van der Waals surface area contributed by atoms with Crippen LogP contribution in [0.25, 0.3) is 11.1 Å². The number of pyridine rings is 1. The van der Waals surface area contributed by atoms with Crippen molar-refractivity contribution in [1.29, 1.82) is 0 Å². The number of carbonyl (C=O) groups excluding carboxylic acids is 1. The van der Waals surface area contributed by atoms with Gasteiger partial charge in [-0.2, -0.15) is 0 Å². The Morgan fingerprint density at radius 2 is 1.73 bits per heavy atom. The maximum atomic E-state index is 13.1. The van der Waals surface area contributed by atoms with E-state index in [-0.39, 0.29) is 5.91 Å². The Kier molecular flexibility index (Phi) is 4.71. The Balaban J connectivity index is 1.52. The third-order valence-corrected chi connectivity index (χ3v) is 5.72. The van der Waals surface area contributed by atoms with Gasteiger partial charge in [-0.3, -0.25) is 4.79 Å². The van der Waals surface area contributed by atoms with Gasteiger partial charge in [0.05, 0.1) is 5.56 Å². The molecule has 5 heteroatoms. The highest BCUT2D eigenvalue weighted by molar-refractivity contribution is 7.10. The number of aryl methyl sites for hydroxylation is 1. The fraction of sp³-hybridized carbons (Fsp3) is 0.238. The van der Waals surface area contributed by atoms with E-state index in [1.807, 2.05) is 52.9 Å². The molecule has 0 bridgehead atoms. The molecule has 1 fully saturated rings. The molecule has 0 saturated carbocycles. The molecule has 0 radical (unpaired) electrons. The van der Waals surface area contributed by atoms with E-state index in [0.29, 0.717) is 0 Å². The van der Waals surface area contributed by atoms with E-state index in [0.717, 1.165) is 48.7 Å². The van der Waals surface area contributed by atoms with Crippen molar-refractivity contribution in [2.24, 2.45) is 0 Å². The van der Waals surface area contributed by atoms with Gasteiger partial charge >= 0.3 is 0 Å². The Morgan fingerprint density at radius 1 is 1.00 bits per heavy atom. The summed E-state index contributed by atoms with van der Waals surface area (Å²) in [5.41, 5.74) is 3.01. The summed E-state index contributed by atoms with van der Waals surface area (Å²) in [7, 11) is 0. The van der Waals surface area contributed by atoms with Gasteiger partial charge in [0, 0.05) is 48.2 Å². The van der Waals surface area contributed by atoms with E-state index in [4.69, 9.17) is 0 Å². The molecule has 1 amide bonds. The first-order valence-corrected chi connectivity index (χ1v) is 9.71. The van der Waals surface area contributed by atoms with E-state index < -0.39 is 0 Å². The summed E-state index contributed by atoms with van der Waals surface area (Å²) in [5, 5.41) is 2.01. The Labute approximate surface area is 157 Å². The largest absolute Gasteiger partial charge is 0.353 e. The van der Waals surface area contributed by atoms with Crippen LogP contribution in [0.5, 0.6) is 0 Å². The summed E-state index contributed by atoms with van der Waals surface area (Å²) < 4.78 is 0. The van der Waals surface area contributed by atoms with Crippen LogP contribution in [0.1, 0.15) is 15.2 Å². The number of anilines is 1. The van der Waals surface area contributed by atoms with Crippen LogP contribution in [0.3, 0.4) is 0 Å². The zero-order valence-electron chi connectivity index (χ0n) is 14.8. The summed E-state index contributed by atoms with van der Waals surface area (Å²) in [6, 6.07) is 16.1. The highest BCUT2D eigenvalue weighted by atomic mass is 32.1. The molecule has 26 heavy (non-hydrogen) atoms. The minimum atomic E-state index is 0.133. The summed E-state index contributed by atoms with van der Waals surface area (Å²) >= 11 is 1.65. The number of aromatic nitrogens is 1. The molecule has 4 rings (SSSR count). The van der Waals surface area contributed by atoms with Gasteiger partial charge in [0.25, 0.3) is 5.91 Å². The predicted octanol–water partition coefficient (Wildman–Crippen LogP) is 4.08. The smallest absolute Gasteiger partial charge is 0.255 e. The SMILES string of the molecule is Cc1scc(C(=O)N2CCN(c3ccccn3)CC2)c1-c1ccccc1. The normalized spacial score (nSPS) is 14.5. The zero-order valence-corrected chi connectivity index (χ0v) is 15.6. The first kappa shape index (κ1) is 16.8. The second-order valence-electron chi connectivity index (χ2n) is 6.41. The standard InChI is InChI=1S/C21H21N3OS/c1-16-20(17-7-3-2-4-8-17)18(15-26-16)21(25)24-13-11-23(12-14-24)19-9-5-6-10-22-19/h2-10,15H,11-14H2,1H3. The van der Waals surface area contributed by atoms with Crippen LogP contribution in [-0.2, 0) is 0 Å². The van der Waals surface area contributed by atoms with Crippen molar-refractivity contribution >= 4 is 23.1 Å². The number of thiophene rings is 1. The fourth-order valence-corrected chi connectivity index (χ4v) is 4.28. The van der Waals surface area contributed by atoms with Crippen LogP contribution in [-0.4, -0.2) is 42.0 Å². The number of rotatable bonds is 3. The number of carbonyl (C=O) groups is 1. The average Bonchev–Trinajstić information content (AvgIpc) is 3.10. The van der Waals surface area contributed by atoms with Crippen LogP contribution < -0.4 is 4.90 Å². The molecular formula is C21H21N3OS. The number of piperazine rings is 1. The Bertz CT molecular complexity index is 884. The van der Waals surface area contributed by atoms with Gasteiger partial charge in [-0.05, 0) is 24.6 Å². The molecule has 0 spiro atoms. The molecule has 0 unspecified atom stereocenters. The number of nitrogens with zero attached hydrogens (tertiary/aromatic N) is 3. The van der Waals surface area contributed by atoms with Crippen molar-refractivity contribution in [2.45, 2.75) is 6.92 Å². The van der Waals surface area contributed by atoms with Gasteiger partial charge in [-0.1, -0.05) is 36.4 Å². The molecule has 0 aliphatic carbocycles. The highest BCUT2D eigenvalue weighted by Gasteiger charge is 2.26. The highest BCUT2D eigenvalue weighted by Crippen LogP contribution is 2.33. The molecule has 4 nitrogen and oxygen atoms in total. The summed E-state index contributed by atoms with van der Waals surface area (Å²) in [6.07, 6.45) is 1.81. The minimum Gasteiger partial charge on any atom is -0.353 e. The van der Waals surface area contributed by atoms with Crippen LogP contribution >= 0.6 is 11.3 Å². The average molecular weight is 363 g/mol. The van der Waals surface area contributed by atoms with Gasteiger partial charge in [-0.25, -0.2) is 4.98 Å². The van der Waals surface area contributed by atoms with Crippen molar-refractivity contribution < 1.29 is 4.79 Å². The number of hydrogen-bond donors (Lipinski definition) is 0. The van der Waals surface area contributed by atoms with Gasteiger partial charge in [-0.15, -0.1) is 11.3 Å². The van der Waals surface area contributed by atoms with Crippen molar-refractivity contribution in [3.8, 4) is 11.1 Å². The molecule has 132 valence electrons. The monoisotopic (exact) mass is 363 g/mol. The lowest BCUT2D eigenvalue weighted by Gasteiger charge is -2.35. The lowest BCUT2D eigenvalue weighted by atomic mass is 10.0. The first-order valence-electron chi connectivity index (χ1n) is 8.83. The van der Waals surface area contributed by atoms with Crippen LogP contribution in [0.4, 0.5) is 5.82 Å². The van der Waals surface area contributed by atoms with E-state index in [9.17, 15) is 4.79 Å². The van der Waals surface area contributed by atoms with Gasteiger partial charge < -0.3 is 9.80 Å². The topological polar surface area (TPSA) is 36.4 Å². The predicted molar refractivity (Wildman–Crippen MR) is 107 cm³/mol. The zero-order chi connectivity index (χ0) is 17.9. The van der Waals surface area contributed by atoms with Crippen LogP contribution in [0.2, 0.25) is 0 Å². The quantitative estimate of drug-likeness (QED) is 0.703. The van der Waals surface area contributed by atoms with Gasteiger partial charge in [0.2, 0.25) is 0 Å². The fourth-order valence-electron chi connectivity index (χ4n) is 3.43. The number of amides is 1. The molecule has 3 aromatic rings. The minimum absolute atomic E-state index is 0.133. The third-order valence-electron chi connectivity index (χ3n) is 4.81. The summed E-state index contributed by atoms with van der Waals surface area (Å²) in [6.45, 7) is 5.15. The van der Waals surface area contributed by atoms with E-state index in [2.05, 4.69) is 28.9 Å². The van der Waals surface area contributed by atoms with E-state index >= 15 is 0 Å². The van der Waals surface area contributed by atoms with Crippen LogP contribution in [0.15, 0.2) is 60.1 Å². The second kappa shape index (κ2) is 7.30. The Morgan fingerprint density at radius 3 is 2.42 bits per heavy atom. The lowest BCUT2D eigenvalue weighted by molar-refractivity contribution is 0.0748. The number of hydrogen-bond acceptors (Lipinski definition) is 4. The van der Waals surface area contributed by atoms with Gasteiger partial charge in [0.15, 0.2) is 0 Å². The summed E-state index contributed by atoms with van der Waals surface area (Å²) in [5.74, 6) is 1.12. The van der Waals surface area contributed by atoms with E-state index in [1.54, 1.807) is 11.3 Å².